The Morgan fingerprint density at radius 2 is 2.00 bits per heavy atom. The number of rotatable bonds is 5. The van der Waals surface area contributed by atoms with Gasteiger partial charge in [-0.2, -0.15) is 0 Å². The second kappa shape index (κ2) is 6.91. The molecule has 0 unspecified atom stereocenters. The van der Waals surface area contributed by atoms with Gasteiger partial charge in [0, 0.05) is 42.6 Å². The van der Waals surface area contributed by atoms with Crippen LogP contribution in [-0.2, 0) is 14.6 Å². The molecule has 122 valence electrons. The van der Waals surface area contributed by atoms with Gasteiger partial charge in [0.25, 0.3) is 0 Å². The highest BCUT2D eigenvalue weighted by atomic mass is 32.2. The highest BCUT2D eigenvalue weighted by molar-refractivity contribution is 7.90. The number of hydrogen-bond acceptors (Lipinski definition) is 4. The fourth-order valence-corrected chi connectivity index (χ4v) is 3.41. The van der Waals surface area contributed by atoms with Crippen LogP contribution in [-0.4, -0.2) is 49.3 Å². The molecule has 0 aliphatic rings. The van der Waals surface area contributed by atoms with Crippen molar-refractivity contribution in [1.82, 2.24) is 9.88 Å². The summed E-state index contributed by atoms with van der Waals surface area (Å²) in [7, 11) is -1.52. The lowest BCUT2D eigenvalue weighted by atomic mass is 10.1. The number of carbonyl (C=O) groups excluding carboxylic acids is 1. The third-order valence-corrected chi connectivity index (χ3v) is 4.71. The zero-order valence-corrected chi connectivity index (χ0v) is 14.2. The standard InChI is InChI=1S/C17H20N2O3S/c1-13(12-23(3,21)22)19(2)16(20)10-9-15-7-4-6-14-8-5-11-18-17(14)15/h4-11,13H,12H2,1-3H3/b10-9+/t13-/m1/s1. The first-order valence-electron chi connectivity index (χ1n) is 7.24. The molecule has 6 heteroatoms. The van der Waals surface area contributed by atoms with Crippen LogP contribution in [0.15, 0.2) is 42.6 Å². The number of amides is 1. The summed E-state index contributed by atoms with van der Waals surface area (Å²) in [6.07, 6.45) is 6.03. The molecular formula is C17H20N2O3S. The van der Waals surface area contributed by atoms with Gasteiger partial charge in [0.05, 0.1) is 11.3 Å². The van der Waals surface area contributed by atoms with Gasteiger partial charge >= 0.3 is 0 Å². The summed E-state index contributed by atoms with van der Waals surface area (Å²) in [5.74, 6) is -0.298. The Bertz CT molecular complexity index is 839. The van der Waals surface area contributed by atoms with Crippen molar-refractivity contribution in [3.05, 3.63) is 48.2 Å². The molecule has 0 bridgehead atoms. The Morgan fingerprint density at radius 1 is 1.30 bits per heavy atom. The van der Waals surface area contributed by atoms with E-state index in [1.165, 1.54) is 17.2 Å². The number of hydrogen-bond donors (Lipinski definition) is 0. The molecule has 1 aromatic heterocycles. The fourth-order valence-electron chi connectivity index (χ4n) is 2.31. The second-order valence-corrected chi connectivity index (χ2v) is 7.83. The molecule has 1 heterocycles. The van der Waals surface area contributed by atoms with Gasteiger partial charge in [-0.25, -0.2) is 8.42 Å². The number of para-hydroxylation sites is 1. The van der Waals surface area contributed by atoms with Gasteiger partial charge in [0.1, 0.15) is 9.84 Å². The maximum absolute atomic E-state index is 12.2. The molecule has 0 fully saturated rings. The van der Waals surface area contributed by atoms with E-state index in [2.05, 4.69) is 4.98 Å². The first kappa shape index (κ1) is 17.1. The van der Waals surface area contributed by atoms with Crippen molar-refractivity contribution in [3.63, 3.8) is 0 Å². The number of pyridine rings is 1. The van der Waals surface area contributed by atoms with E-state index in [1.54, 1.807) is 26.2 Å². The van der Waals surface area contributed by atoms with E-state index in [0.717, 1.165) is 16.5 Å². The van der Waals surface area contributed by atoms with Crippen molar-refractivity contribution in [2.75, 3.05) is 19.1 Å². The number of aromatic nitrogens is 1. The molecule has 1 aromatic carbocycles. The number of carbonyl (C=O) groups is 1. The molecule has 0 radical (unpaired) electrons. The van der Waals surface area contributed by atoms with Crippen LogP contribution in [0.2, 0.25) is 0 Å². The quantitative estimate of drug-likeness (QED) is 0.787. The number of sulfone groups is 1. The van der Waals surface area contributed by atoms with Crippen LogP contribution in [0.4, 0.5) is 0 Å². The first-order chi connectivity index (χ1) is 10.8. The highest BCUT2D eigenvalue weighted by Crippen LogP contribution is 2.17. The Labute approximate surface area is 136 Å². The van der Waals surface area contributed by atoms with Crippen molar-refractivity contribution in [3.8, 4) is 0 Å². The Balaban J connectivity index is 2.17. The predicted octanol–water partition coefficient (Wildman–Crippen LogP) is 2.14. The van der Waals surface area contributed by atoms with Gasteiger partial charge < -0.3 is 4.90 Å². The van der Waals surface area contributed by atoms with Crippen LogP contribution in [0.1, 0.15) is 12.5 Å². The SMILES string of the molecule is C[C@H](CS(C)(=O)=O)N(C)C(=O)/C=C/c1cccc2cccnc12. The normalized spacial score (nSPS) is 13.3. The molecule has 0 aliphatic carbocycles. The third-order valence-electron chi connectivity index (χ3n) is 3.62. The number of likely N-dealkylation sites (N-methyl/N-ethyl adjacent to an activating group) is 1. The molecule has 0 saturated heterocycles. The smallest absolute Gasteiger partial charge is 0.246 e. The second-order valence-electron chi connectivity index (χ2n) is 5.65. The van der Waals surface area contributed by atoms with E-state index in [1.807, 2.05) is 30.3 Å². The largest absolute Gasteiger partial charge is 0.338 e. The molecule has 0 spiro atoms. The molecule has 0 N–H and O–H groups in total. The summed E-state index contributed by atoms with van der Waals surface area (Å²) in [6.45, 7) is 1.71. The number of nitrogens with zero attached hydrogens (tertiary/aromatic N) is 2. The highest BCUT2D eigenvalue weighted by Gasteiger charge is 2.18. The van der Waals surface area contributed by atoms with Crippen LogP contribution in [0.5, 0.6) is 0 Å². The van der Waals surface area contributed by atoms with Crippen molar-refractivity contribution in [2.45, 2.75) is 13.0 Å². The van der Waals surface area contributed by atoms with Crippen LogP contribution in [0.3, 0.4) is 0 Å². The molecule has 1 atom stereocenters. The topological polar surface area (TPSA) is 67.3 Å². The zero-order chi connectivity index (χ0) is 17.0. The summed E-state index contributed by atoms with van der Waals surface area (Å²) in [4.78, 5) is 18.0. The van der Waals surface area contributed by atoms with Gasteiger partial charge in [-0.15, -0.1) is 0 Å². The van der Waals surface area contributed by atoms with Gasteiger partial charge in [0.15, 0.2) is 0 Å². The number of fused-ring (bicyclic) bond motifs is 1. The molecule has 1 amide bonds. The molecule has 23 heavy (non-hydrogen) atoms. The van der Waals surface area contributed by atoms with Gasteiger partial charge in [-0.05, 0) is 19.1 Å². The van der Waals surface area contributed by atoms with Gasteiger partial charge in [-0.3, -0.25) is 9.78 Å². The van der Waals surface area contributed by atoms with Crippen molar-refractivity contribution in [2.24, 2.45) is 0 Å². The van der Waals surface area contributed by atoms with E-state index in [4.69, 9.17) is 0 Å². The average molecular weight is 332 g/mol. The minimum atomic E-state index is -3.13. The maximum Gasteiger partial charge on any atom is 0.246 e. The van der Waals surface area contributed by atoms with E-state index in [0.29, 0.717) is 0 Å². The summed E-state index contributed by atoms with van der Waals surface area (Å²) in [5, 5.41) is 1.00. The lowest BCUT2D eigenvalue weighted by Gasteiger charge is -2.22. The van der Waals surface area contributed by atoms with Gasteiger partial charge in [0.2, 0.25) is 5.91 Å². The lowest BCUT2D eigenvalue weighted by Crippen LogP contribution is -2.38. The molecule has 0 aliphatic heterocycles. The molecule has 5 nitrogen and oxygen atoms in total. The first-order valence-corrected chi connectivity index (χ1v) is 9.30. The van der Waals surface area contributed by atoms with Crippen LogP contribution in [0.25, 0.3) is 17.0 Å². The Kier molecular flexibility index (Phi) is 5.15. The monoisotopic (exact) mass is 332 g/mol. The number of benzene rings is 1. The van der Waals surface area contributed by atoms with Crippen LogP contribution < -0.4 is 0 Å². The van der Waals surface area contributed by atoms with E-state index < -0.39 is 9.84 Å². The molecule has 2 aromatic rings. The van der Waals surface area contributed by atoms with Crippen molar-refractivity contribution < 1.29 is 13.2 Å². The van der Waals surface area contributed by atoms with Crippen LogP contribution in [0, 0.1) is 0 Å². The molecular weight excluding hydrogens is 312 g/mol. The van der Waals surface area contributed by atoms with Crippen LogP contribution >= 0.6 is 0 Å². The maximum atomic E-state index is 12.2. The summed E-state index contributed by atoms with van der Waals surface area (Å²) in [5.41, 5.74) is 1.67. The molecule has 0 saturated carbocycles. The third kappa shape index (κ3) is 4.63. The van der Waals surface area contributed by atoms with Crippen molar-refractivity contribution >= 4 is 32.7 Å². The summed E-state index contributed by atoms with van der Waals surface area (Å²) < 4.78 is 22.7. The zero-order valence-electron chi connectivity index (χ0n) is 13.4. The van der Waals surface area contributed by atoms with E-state index in [-0.39, 0.29) is 17.7 Å². The summed E-state index contributed by atoms with van der Waals surface area (Å²) in [6, 6.07) is 9.20. The van der Waals surface area contributed by atoms with Crippen molar-refractivity contribution in [1.29, 1.82) is 0 Å². The molecule has 2 rings (SSSR count). The lowest BCUT2D eigenvalue weighted by molar-refractivity contribution is -0.126. The fraction of sp³-hybridized carbons (Fsp3) is 0.294. The summed E-state index contributed by atoms with van der Waals surface area (Å²) >= 11 is 0. The minimum absolute atomic E-state index is 0.0566. The Hall–Kier alpha value is -2.21. The van der Waals surface area contributed by atoms with E-state index in [9.17, 15) is 13.2 Å². The minimum Gasteiger partial charge on any atom is -0.338 e. The van der Waals surface area contributed by atoms with Gasteiger partial charge in [-0.1, -0.05) is 24.3 Å². The average Bonchev–Trinajstić information content (AvgIpc) is 2.50. The Morgan fingerprint density at radius 3 is 2.70 bits per heavy atom. The predicted molar refractivity (Wildman–Crippen MR) is 92.7 cm³/mol. The van der Waals surface area contributed by atoms with E-state index >= 15 is 0 Å².